The minimum atomic E-state index is 0.433. The highest BCUT2D eigenvalue weighted by Crippen LogP contribution is 2.19. The molecule has 3 aromatic carbocycles. The number of halogens is 1. The molecule has 0 spiro atoms. The number of hydrogen-bond acceptors (Lipinski definition) is 3. The van der Waals surface area contributed by atoms with Crippen LogP contribution in [0.3, 0.4) is 0 Å². The normalized spacial score (nSPS) is 10.7. The predicted octanol–water partition coefficient (Wildman–Crippen LogP) is 5.37. The van der Waals surface area contributed by atoms with Gasteiger partial charge in [0, 0.05) is 10.6 Å². The molecule has 3 nitrogen and oxygen atoms in total. The number of nitrogens with zero attached hydrogens (tertiary/aromatic N) is 1. The number of rotatable bonds is 6. The van der Waals surface area contributed by atoms with Gasteiger partial charge in [0.05, 0.1) is 11.9 Å². The van der Waals surface area contributed by atoms with Crippen molar-refractivity contribution in [2.24, 2.45) is 5.10 Å². The van der Waals surface area contributed by atoms with E-state index in [1.54, 1.807) is 6.21 Å². The second-order valence-corrected chi connectivity index (χ2v) is 5.60. The van der Waals surface area contributed by atoms with E-state index in [1.165, 1.54) is 0 Å². The third-order valence-electron chi connectivity index (χ3n) is 3.39. The molecule has 0 bridgehead atoms. The Balaban J connectivity index is 1.60. The lowest BCUT2D eigenvalue weighted by atomic mass is 10.2. The number of ether oxygens (including phenoxy) is 1. The van der Waals surface area contributed by atoms with Crippen molar-refractivity contribution < 1.29 is 4.74 Å². The molecule has 0 saturated carbocycles. The van der Waals surface area contributed by atoms with Crippen molar-refractivity contribution in [3.63, 3.8) is 0 Å². The van der Waals surface area contributed by atoms with Crippen LogP contribution in [-0.2, 0) is 6.61 Å². The molecule has 0 heterocycles. The second kappa shape index (κ2) is 8.18. The molecule has 3 aromatic rings. The minimum absolute atomic E-state index is 0.433. The van der Waals surface area contributed by atoms with Gasteiger partial charge in [0.15, 0.2) is 0 Å². The molecule has 120 valence electrons. The summed E-state index contributed by atoms with van der Waals surface area (Å²) in [6.07, 6.45) is 1.76. The van der Waals surface area contributed by atoms with Crippen LogP contribution in [-0.4, -0.2) is 6.21 Å². The Labute approximate surface area is 146 Å². The zero-order chi connectivity index (χ0) is 16.6. The van der Waals surface area contributed by atoms with Crippen LogP contribution in [0.25, 0.3) is 0 Å². The van der Waals surface area contributed by atoms with Gasteiger partial charge in [-0.3, -0.25) is 5.43 Å². The highest BCUT2D eigenvalue weighted by molar-refractivity contribution is 6.31. The van der Waals surface area contributed by atoms with Crippen LogP contribution in [0.5, 0.6) is 5.75 Å². The van der Waals surface area contributed by atoms with Crippen molar-refractivity contribution in [2.75, 3.05) is 5.43 Å². The molecule has 1 N–H and O–H groups in total. The molecular formula is C20H17ClN2O. The summed E-state index contributed by atoms with van der Waals surface area (Å²) in [5.41, 5.74) is 5.85. The number of anilines is 1. The van der Waals surface area contributed by atoms with Crippen LogP contribution in [0.2, 0.25) is 5.02 Å². The first-order valence-corrected chi connectivity index (χ1v) is 7.99. The predicted molar refractivity (Wildman–Crippen MR) is 99.9 cm³/mol. The highest BCUT2D eigenvalue weighted by atomic mass is 35.5. The van der Waals surface area contributed by atoms with Gasteiger partial charge in [0.1, 0.15) is 12.4 Å². The highest BCUT2D eigenvalue weighted by Gasteiger charge is 2.01. The molecule has 0 aromatic heterocycles. The molecule has 0 fully saturated rings. The maximum absolute atomic E-state index is 6.14. The van der Waals surface area contributed by atoms with Gasteiger partial charge in [0.25, 0.3) is 0 Å². The van der Waals surface area contributed by atoms with Gasteiger partial charge in [-0.05, 0) is 35.9 Å². The first kappa shape index (κ1) is 16.1. The lowest BCUT2D eigenvalue weighted by Crippen LogP contribution is -1.97. The molecule has 0 amide bonds. The van der Waals surface area contributed by atoms with E-state index in [0.29, 0.717) is 11.6 Å². The fraction of sp³-hybridized carbons (Fsp3) is 0.0500. The Morgan fingerprint density at radius 1 is 0.917 bits per heavy atom. The number of hydrazone groups is 1. The fourth-order valence-electron chi connectivity index (χ4n) is 2.16. The smallest absolute Gasteiger partial charge is 0.120 e. The maximum Gasteiger partial charge on any atom is 0.120 e. The van der Waals surface area contributed by atoms with Crippen LogP contribution in [0.4, 0.5) is 5.69 Å². The van der Waals surface area contributed by atoms with Gasteiger partial charge < -0.3 is 4.74 Å². The van der Waals surface area contributed by atoms with Crippen molar-refractivity contribution in [1.82, 2.24) is 0 Å². The van der Waals surface area contributed by atoms with Gasteiger partial charge in [-0.15, -0.1) is 0 Å². The first-order valence-electron chi connectivity index (χ1n) is 7.62. The van der Waals surface area contributed by atoms with Crippen LogP contribution in [0.15, 0.2) is 84.0 Å². The molecule has 0 aliphatic carbocycles. The van der Waals surface area contributed by atoms with E-state index < -0.39 is 0 Å². The lowest BCUT2D eigenvalue weighted by molar-refractivity contribution is 0.306. The number of para-hydroxylation sites is 1. The zero-order valence-corrected chi connectivity index (χ0v) is 13.8. The van der Waals surface area contributed by atoms with E-state index in [9.17, 15) is 0 Å². The summed E-state index contributed by atoms with van der Waals surface area (Å²) < 4.78 is 5.81. The molecule has 4 heteroatoms. The van der Waals surface area contributed by atoms with E-state index in [4.69, 9.17) is 16.3 Å². The molecule has 0 aliphatic heterocycles. The van der Waals surface area contributed by atoms with Gasteiger partial charge in [0.2, 0.25) is 0 Å². The molecule has 0 radical (unpaired) electrons. The Morgan fingerprint density at radius 2 is 1.71 bits per heavy atom. The number of nitrogens with one attached hydrogen (secondary N) is 1. The van der Waals surface area contributed by atoms with Gasteiger partial charge >= 0.3 is 0 Å². The van der Waals surface area contributed by atoms with Gasteiger partial charge in [-0.1, -0.05) is 60.1 Å². The molecule has 0 aliphatic rings. The molecule has 0 unspecified atom stereocenters. The summed E-state index contributed by atoms with van der Waals surface area (Å²) in [7, 11) is 0. The Bertz CT molecular complexity index is 819. The summed E-state index contributed by atoms with van der Waals surface area (Å²) in [6.45, 7) is 0.433. The standard InChI is InChI=1S/C20H17ClN2O/c21-20-12-5-4-8-17(20)15-24-19-11-6-7-16(13-19)14-22-23-18-9-2-1-3-10-18/h1-14,23H,15H2/b22-14+. The third kappa shape index (κ3) is 4.61. The average molecular weight is 337 g/mol. The Hall–Kier alpha value is -2.78. The monoisotopic (exact) mass is 336 g/mol. The lowest BCUT2D eigenvalue weighted by Gasteiger charge is -2.08. The molecule has 0 saturated heterocycles. The zero-order valence-electron chi connectivity index (χ0n) is 13.0. The van der Waals surface area contributed by atoms with Crippen molar-refractivity contribution in [2.45, 2.75) is 6.61 Å². The van der Waals surface area contributed by atoms with Crippen molar-refractivity contribution in [1.29, 1.82) is 0 Å². The van der Waals surface area contributed by atoms with E-state index in [-0.39, 0.29) is 0 Å². The van der Waals surface area contributed by atoms with Crippen molar-refractivity contribution in [3.8, 4) is 5.75 Å². The second-order valence-electron chi connectivity index (χ2n) is 5.19. The van der Waals surface area contributed by atoms with Crippen molar-refractivity contribution >= 4 is 23.5 Å². The van der Waals surface area contributed by atoms with Crippen LogP contribution < -0.4 is 10.2 Å². The topological polar surface area (TPSA) is 33.6 Å². The van der Waals surface area contributed by atoms with Crippen LogP contribution >= 0.6 is 11.6 Å². The van der Waals surface area contributed by atoms with E-state index >= 15 is 0 Å². The quantitative estimate of drug-likeness (QED) is 0.485. The van der Waals surface area contributed by atoms with Crippen LogP contribution in [0.1, 0.15) is 11.1 Å². The largest absolute Gasteiger partial charge is 0.489 e. The summed E-state index contributed by atoms with van der Waals surface area (Å²) in [4.78, 5) is 0. The summed E-state index contributed by atoms with van der Waals surface area (Å²) in [6, 6.07) is 25.2. The molecule has 24 heavy (non-hydrogen) atoms. The SMILES string of the molecule is Clc1ccccc1COc1cccc(/C=N/Nc2ccccc2)c1. The summed E-state index contributed by atoms with van der Waals surface area (Å²) in [5.74, 6) is 0.776. The van der Waals surface area contributed by atoms with E-state index in [2.05, 4.69) is 10.5 Å². The first-order chi connectivity index (χ1) is 11.8. The molecule has 3 rings (SSSR count). The Kier molecular flexibility index (Phi) is 5.48. The summed E-state index contributed by atoms with van der Waals surface area (Å²) in [5, 5.41) is 4.94. The van der Waals surface area contributed by atoms with Gasteiger partial charge in [-0.2, -0.15) is 5.10 Å². The Morgan fingerprint density at radius 3 is 2.54 bits per heavy atom. The average Bonchev–Trinajstić information content (AvgIpc) is 2.62. The van der Waals surface area contributed by atoms with E-state index in [1.807, 2.05) is 78.9 Å². The third-order valence-corrected chi connectivity index (χ3v) is 3.76. The molecule has 0 atom stereocenters. The molecular weight excluding hydrogens is 320 g/mol. The van der Waals surface area contributed by atoms with E-state index in [0.717, 1.165) is 22.6 Å². The number of hydrogen-bond donors (Lipinski definition) is 1. The van der Waals surface area contributed by atoms with Gasteiger partial charge in [-0.25, -0.2) is 0 Å². The minimum Gasteiger partial charge on any atom is -0.489 e. The number of benzene rings is 3. The maximum atomic E-state index is 6.14. The fourth-order valence-corrected chi connectivity index (χ4v) is 2.35. The van der Waals surface area contributed by atoms with Crippen molar-refractivity contribution in [3.05, 3.63) is 95.0 Å². The van der Waals surface area contributed by atoms with Crippen LogP contribution in [0, 0.1) is 0 Å². The summed E-state index contributed by atoms with van der Waals surface area (Å²) >= 11 is 6.14.